The number of alkyl halides is 3. The van der Waals surface area contributed by atoms with Gasteiger partial charge in [0.25, 0.3) is 5.91 Å². The van der Waals surface area contributed by atoms with Gasteiger partial charge in [0.1, 0.15) is 11.6 Å². The van der Waals surface area contributed by atoms with E-state index in [4.69, 9.17) is 4.74 Å². The van der Waals surface area contributed by atoms with Gasteiger partial charge in [0, 0.05) is 18.2 Å². The van der Waals surface area contributed by atoms with Gasteiger partial charge in [-0.25, -0.2) is 4.39 Å². The Morgan fingerprint density at radius 3 is 2.06 bits per heavy atom. The van der Waals surface area contributed by atoms with Gasteiger partial charge in [0.2, 0.25) is 5.91 Å². The summed E-state index contributed by atoms with van der Waals surface area (Å²) in [6.07, 6.45) is -4.64. The Morgan fingerprint density at radius 1 is 0.886 bits per heavy atom. The molecule has 0 aromatic heterocycles. The number of hydrogen-bond donors (Lipinski definition) is 1. The first kappa shape index (κ1) is 25.4. The Bertz CT molecular complexity index is 1210. The van der Waals surface area contributed by atoms with Crippen molar-refractivity contribution >= 4 is 23.3 Å². The predicted molar refractivity (Wildman–Crippen MR) is 119 cm³/mol. The van der Waals surface area contributed by atoms with Gasteiger partial charge in [-0.05, 0) is 60.7 Å². The molecule has 35 heavy (non-hydrogen) atoms. The highest BCUT2D eigenvalue weighted by molar-refractivity contribution is 6.09. The lowest BCUT2D eigenvalue weighted by Gasteiger charge is -2.18. The second-order valence-corrected chi connectivity index (χ2v) is 7.49. The van der Waals surface area contributed by atoms with Crippen molar-refractivity contribution in [1.82, 2.24) is 4.90 Å². The summed E-state index contributed by atoms with van der Waals surface area (Å²) in [5.41, 5.74) is -0.749. The van der Waals surface area contributed by atoms with Crippen molar-refractivity contribution < 1.29 is 36.7 Å². The van der Waals surface area contributed by atoms with Crippen molar-refractivity contribution in [3.63, 3.8) is 0 Å². The van der Waals surface area contributed by atoms with Crippen molar-refractivity contribution in [1.29, 1.82) is 0 Å². The number of hydrogen-bond acceptors (Lipinski definition) is 4. The molecule has 0 bridgehead atoms. The van der Waals surface area contributed by atoms with E-state index >= 15 is 0 Å². The molecular formula is C25H20F4N2O4. The van der Waals surface area contributed by atoms with E-state index in [1.165, 1.54) is 67.7 Å². The van der Waals surface area contributed by atoms with Gasteiger partial charge in [-0.15, -0.1) is 0 Å². The molecule has 182 valence electrons. The lowest BCUT2D eigenvalue weighted by atomic mass is 10.0. The minimum Gasteiger partial charge on any atom is -0.484 e. The molecule has 1 N–H and O–H groups in total. The average molecular weight is 488 g/mol. The Hall–Kier alpha value is -4.21. The van der Waals surface area contributed by atoms with Crippen LogP contribution >= 0.6 is 0 Å². The number of anilines is 1. The topological polar surface area (TPSA) is 75.7 Å². The molecule has 0 unspecified atom stereocenters. The standard InChI is InChI=1S/C25H20F4N2O4/c1-31(14-22(32)30-21-5-3-2-4-20(21)25(27,28)29)23(33)15-35-19-12-8-17(9-13-19)24(34)16-6-10-18(26)11-7-16/h2-13H,14-15H2,1H3,(H,30,32). The Kier molecular flexibility index (Phi) is 7.85. The van der Waals surface area contributed by atoms with E-state index in [1.54, 1.807) is 0 Å². The number of rotatable bonds is 8. The maximum absolute atomic E-state index is 13.1. The second-order valence-electron chi connectivity index (χ2n) is 7.49. The fourth-order valence-corrected chi connectivity index (χ4v) is 3.06. The zero-order valence-corrected chi connectivity index (χ0v) is 18.4. The monoisotopic (exact) mass is 488 g/mol. The zero-order valence-electron chi connectivity index (χ0n) is 18.4. The van der Waals surface area contributed by atoms with E-state index in [0.717, 1.165) is 17.0 Å². The highest BCUT2D eigenvalue weighted by Gasteiger charge is 2.33. The van der Waals surface area contributed by atoms with Crippen LogP contribution in [0.1, 0.15) is 21.5 Å². The number of benzene rings is 3. The summed E-state index contributed by atoms with van der Waals surface area (Å²) < 4.78 is 57.6. The lowest BCUT2D eigenvalue weighted by Crippen LogP contribution is -2.37. The number of ketones is 1. The number of carbonyl (C=O) groups is 3. The van der Waals surface area contributed by atoms with Gasteiger partial charge >= 0.3 is 6.18 Å². The summed E-state index contributed by atoms with van der Waals surface area (Å²) in [5, 5.41) is 2.16. The van der Waals surface area contributed by atoms with Crippen LogP contribution in [0.2, 0.25) is 0 Å². The van der Waals surface area contributed by atoms with Gasteiger partial charge in [-0.1, -0.05) is 12.1 Å². The lowest BCUT2D eigenvalue weighted by molar-refractivity contribution is -0.137. The molecule has 0 aliphatic heterocycles. The number of halogens is 4. The second kappa shape index (κ2) is 10.8. The first-order valence-electron chi connectivity index (χ1n) is 10.3. The molecule has 3 rings (SSSR count). The first-order chi connectivity index (χ1) is 16.5. The molecule has 0 radical (unpaired) electrons. The molecule has 3 aromatic rings. The third-order valence-corrected chi connectivity index (χ3v) is 4.90. The summed E-state index contributed by atoms with van der Waals surface area (Å²) in [6.45, 7) is -0.923. The van der Waals surface area contributed by atoms with Crippen molar-refractivity contribution in [2.24, 2.45) is 0 Å². The molecule has 2 amide bonds. The number of nitrogens with one attached hydrogen (secondary N) is 1. The van der Waals surface area contributed by atoms with Gasteiger partial charge in [0.15, 0.2) is 12.4 Å². The molecule has 0 spiro atoms. The Balaban J connectivity index is 1.52. The highest BCUT2D eigenvalue weighted by Crippen LogP contribution is 2.34. The minimum absolute atomic E-state index is 0.283. The number of ether oxygens (including phenoxy) is 1. The number of nitrogens with zero attached hydrogens (tertiary/aromatic N) is 1. The third kappa shape index (κ3) is 6.89. The Morgan fingerprint density at radius 2 is 1.46 bits per heavy atom. The van der Waals surface area contributed by atoms with Gasteiger partial charge in [0.05, 0.1) is 17.8 Å². The van der Waals surface area contributed by atoms with E-state index in [-0.39, 0.29) is 11.5 Å². The molecule has 0 aliphatic rings. The first-order valence-corrected chi connectivity index (χ1v) is 10.3. The van der Waals surface area contributed by atoms with Gasteiger partial charge in [-0.2, -0.15) is 13.2 Å². The van der Waals surface area contributed by atoms with E-state index < -0.39 is 48.2 Å². The summed E-state index contributed by atoms with van der Waals surface area (Å²) in [5.74, 6) is -1.88. The highest BCUT2D eigenvalue weighted by atomic mass is 19.4. The molecule has 0 atom stereocenters. The smallest absolute Gasteiger partial charge is 0.418 e. The largest absolute Gasteiger partial charge is 0.484 e. The van der Waals surface area contributed by atoms with Crippen LogP contribution in [0.3, 0.4) is 0 Å². The van der Waals surface area contributed by atoms with Crippen molar-refractivity contribution in [2.45, 2.75) is 6.18 Å². The number of likely N-dealkylation sites (N-methyl/N-ethyl adjacent to an activating group) is 1. The minimum atomic E-state index is -4.64. The van der Waals surface area contributed by atoms with Crippen LogP contribution in [0, 0.1) is 5.82 Å². The van der Waals surface area contributed by atoms with E-state index in [2.05, 4.69) is 5.32 Å². The number of amides is 2. The van der Waals surface area contributed by atoms with Crippen LogP contribution in [0.25, 0.3) is 0 Å². The van der Waals surface area contributed by atoms with Crippen LogP contribution in [0.4, 0.5) is 23.2 Å². The Labute approximate surface area is 198 Å². The molecule has 10 heteroatoms. The fraction of sp³-hybridized carbons (Fsp3) is 0.160. The number of para-hydroxylation sites is 1. The SMILES string of the molecule is CN(CC(=O)Nc1ccccc1C(F)(F)F)C(=O)COc1ccc(C(=O)c2ccc(F)cc2)cc1. The molecular weight excluding hydrogens is 468 g/mol. The van der Waals surface area contributed by atoms with Crippen LogP contribution in [0.5, 0.6) is 5.75 Å². The molecule has 6 nitrogen and oxygen atoms in total. The van der Waals surface area contributed by atoms with Gasteiger partial charge < -0.3 is 15.0 Å². The molecule has 0 aliphatic carbocycles. The van der Waals surface area contributed by atoms with Crippen molar-refractivity contribution in [3.8, 4) is 5.75 Å². The summed E-state index contributed by atoms with van der Waals surface area (Å²) >= 11 is 0. The van der Waals surface area contributed by atoms with E-state index in [1.807, 2.05) is 0 Å². The molecule has 0 fully saturated rings. The molecule has 0 heterocycles. The maximum atomic E-state index is 13.1. The normalized spacial score (nSPS) is 11.0. The average Bonchev–Trinajstić information content (AvgIpc) is 2.82. The van der Waals surface area contributed by atoms with Crippen molar-refractivity contribution in [3.05, 3.63) is 95.3 Å². The van der Waals surface area contributed by atoms with Gasteiger partial charge in [-0.3, -0.25) is 14.4 Å². The number of carbonyl (C=O) groups excluding carboxylic acids is 3. The summed E-state index contributed by atoms with van der Waals surface area (Å²) in [4.78, 5) is 37.8. The summed E-state index contributed by atoms with van der Waals surface area (Å²) in [7, 11) is 1.31. The maximum Gasteiger partial charge on any atom is 0.418 e. The van der Waals surface area contributed by atoms with Crippen LogP contribution in [0.15, 0.2) is 72.8 Å². The fourth-order valence-electron chi connectivity index (χ4n) is 3.06. The quantitative estimate of drug-likeness (QED) is 0.373. The molecule has 3 aromatic carbocycles. The summed E-state index contributed by atoms with van der Waals surface area (Å²) in [6, 6.07) is 15.6. The predicted octanol–water partition coefficient (Wildman–Crippen LogP) is 4.55. The molecule has 0 saturated heterocycles. The van der Waals surface area contributed by atoms with E-state index in [9.17, 15) is 31.9 Å². The van der Waals surface area contributed by atoms with Crippen molar-refractivity contribution in [2.75, 3.05) is 25.5 Å². The van der Waals surface area contributed by atoms with Crippen LogP contribution < -0.4 is 10.1 Å². The van der Waals surface area contributed by atoms with Crippen LogP contribution in [-0.2, 0) is 15.8 Å². The molecule has 0 saturated carbocycles. The van der Waals surface area contributed by atoms with Crippen LogP contribution in [-0.4, -0.2) is 42.7 Å². The zero-order chi connectivity index (χ0) is 25.6. The third-order valence-electron chi connectivity index (χ3n) is 4.90. The van der Waals surface area contributed by atoms with E-state index in [0.29, 0.717) is 11.1 Å².